The van der Waals surface area contributed by atoms with E-state index in [0.717, 1.165) is 86.7 Å². The van der Waals surface area contributed by atoms with E-state index in [4.69, 9.17) is 0 Å². The van der Waals surface area contributed by atoms with Crippen LogP contribution >= 0.6 is 0 Å². The molecule has 8 nitrogen and oxygen atoms in total. The summed E-state index contributed by atoms with van der Waals surface area (Å²) in [6, 6.07) is 44.9. The van der Waals surface area contributed by atoms with Gasteiger partial charge < -0.3 is 22.2 Å². The molecule has 8 rings (SSSR count). The summed E-state index contributed by atoms with van der Waals surface area (Å²) < 4.78 is 0. The number of carbonyl (C=O) groups excluding carboxylic acids is 4. The zero-order valence-corrected chi connectivity index (χ0v) is 39.0. The first-order valence-corrected chi connectivity index (χ1v) is 23.6. The van der Waals surface area contributed by atoms with Crippen LogP contribution in [-0.2, 0) is 32.0 Å². The Morgan fingerprint density at radius 1 is 0.507 bits per heavy atom. The molecule has 67 heavy (non-hydrogen) atoms. The largest absolute Gasteiger partial charge is 1.00 e. The van der Waals surface area contributed by atoms with Gasteiger partial charge >= 0.3 is 0 Å². The van der Waals surface area contributed by atoms with Crippen molar-refractivity contribution in [3.05, 3.63) is 204 Å². The smallest absolute Gasteiger partial charge is 0.227 e. The van der Waals surface area contributed by atoms with E-state index in [9.17, 15) is 19.2 Å². The predicted octanol–water partition coefficient (Wildman–Crippen LogP) is 9.09. The lowest BCUT2D eigenvalue weighted by molar-refractivity contribution is -0.378. The first-order valence-electron chi connectivity index (χ1n) is 23.6. The minimum Gasteiger partial charge on any atom is -1.00 e. The SMILES string of the molecule is O=C(/C=C/c1ccc[nH+]c1)CCCCCCC(=O)N1c2ccccc2CC1c1ccccc1.O=C(/C=C/c1cccnc1)CCCCCCC(=O)N1c2ccccc2CC1c1ccccc1.[Cl-]. The Labute approximate surface area is 402 Å². The summed E-state index contributed by atoms with van der Waals surface area (Å²) in [5.41, 5.74) is 8.84. The number of hydrogen-bond acceptors (Lipinski definition) is 5. The van der Waals surface area contributed by atoms with Crippen molar-refractivity contribution in [2.24, 2.45) is 0 Å². The Morgan fingerprint density at radius 3 is 1.42 bits per heavy atom. The second kappa shape index (κ2) is 26.4. The van der Waals surface area contributed by atoms with Gasteiger partial charge in [-0.1, -0.05) is 129 Å². The number of hydrogen-bond donors (Lipinski definition) is 0. The summed E-state index contributed by atoms with van der Waals surface area (Å²) in [4.78, 5) is 61.6. The van der Waals surface area contributed by atoms with E-state index in [-0.39, 0.29) is 47.9 Å². The van der Waals surface area contributed by atoms with Crippen molar-refractivity contribution in [2.45, 2.75) is 102 Å². The van der Waals surface area contributed by atoms with Crippen molar-refractivity contribution in [3.63, 3.8) is 0 Å². The quantitative estimate of drug-likeness (QED) is 0.0562. The number of H-pyrrole nitrogens is 1. The molecule has 0 saturated heterocycles. The van der Waals surface area contributed by atoms with Crippen LogP contribution in [0.25, 0.3) is 12.2 Å². The van der Waals surface area contributed by atoms with Crippen molar-refractivity contribution in [1.29, 1.82) is 0 Å². The summed E-state index contributed by atoms with van der Waals surface area (Å²) in [6.45, 7) is 0. The molecule has 1 N–H and O–H groups in total. The third-order valence-corrected chi connectivity index (χ3v) is 12.3. The number of nitrogens with one attached hydrogen (secondary N) is 1. The molecule has 2 atom stereocenters. The number of carbonyl (C=O) groups is 4. The van der Waals surface area contributed by atoms with Crippen molar-refractivity contribution in [1.82, 2.24) is 4.98 Å². The Bertz CT molecular complexity index is 2370. The topological polar surface area (TPSA) is 102 Å². The number of unbranched alkanes of at least 4 members (excludes halogenated alkanes) is 6. The number of aromatic amines is 1. The van der Waals surface area contributed by atoms with Gasteiger partial charge in [-0.25, -0.2) is 4.98 Å². The van der Waals surface area contributed by atoms with Crippen molar-refractivity contribution < 1.29 is 36.6 Å². The van der Waals surface area contributed by atoms with E-state index in [1.807, 2.05) is 119 Å². The molecule has 6 aromatic rings. The Morgan fingerprint density at radius 2 is 0.955 bits per heavy atom. The minimum absolute atomic E-state index is 0. The molecule has 0 saturated carbocycles. The fourth-order valence-electron chi connectivity index (χ4n) is 8.90. The van der Waals surface area contributed by atoms with E-state index in [2.05, 4.69) is 58.5 Å². The van der Waals surface area contributed by atoms with Crippen LogP contribution < -0.4 is 27.2 Å². The maximum Gasteiger partial charge on any atom is 0.227 e. The zero-order chi connectivity index (χ0) is 45.8. The van der Waals surface area contributed by atoms with Crippen LogP contribution in [0.5, 0.6) is 0 Å². The number of nitrogens with zero attached hydrogens (tertiary/aromatic N) is 3. The standard InChI is InChI=1S/2C29H30N2O2.ClH/c2*32-26(19-18-23-11-10-20-30-22-23)15-6-1-2-7-17-29(33)31-27-16-9-8-14-25(27)21-28(31)24-12-4-3-5-13-24;/h2*3-5,8-14,16,18-20,22,28H,1-2,6-7,15,17,21H2;1H/b2*19-18+;. The second-order valence-electron chi connectivity index (χ2n) is 17.1. The number of para-hydroxylation sites is 2. The van der Waals surface area contributed by atoms with Gasteiger partial charge in [-0.3, -0.25) is 24.2 Å². The number of halogens is 1. The van der Waals surface area contributed by atoms with Gasteiger partial charge in [0.25, 0.3) is 0 Å². The molecular formula is C58H61ClN4O4. The highest BCUT2D eigenvalue weighted by Gasteiger charge is 2.35. The molecule has 9 heteroatoms. The normalized spacial score (nSPS) is 14.8. The van der Waals surface area contributed by atoms with Gasteiger partial charge in [0.15, 0.2) is 24.0 Å². The van der Waals surface area contributed by atoms with Gasteiger partial charge in [-0.05, 0) is 115 Å². The van der Waals surface area contributed by atoms with Crippen LogP contribution in [0.1, 0.15) is 123 Å². The molecule has 4 heterocycles. The highest BCUT2D eigenvalue weighted by molar-refractivity contribution is 5.97. The molecule has 0 aliphatic carbocycles. The van der Waals surface area contributed by atoms with E-state index >= 15 is 0 Å². The Balaban J connectivity index is 0.000000218. The van der Waals surface area contributed by atoms with Crippen LogP contribution in [0.15, 0.2) is 170 Å². The molecule has 344 valence electrons. The lowest BCUT2D eigenvalue weighted by Crippen LogP contribution is -3.00. The third kappa shape index (κ3) is 14.6. The van der Waals surface area contributed by atoms with Crippen LogP contribution in [0.3, 0.4) is 0 Å². The molecule has 2 aromatic heterocycles. The van der Waals surface area contributed by atoms with E-state index in [0.29, 0.717) is 25.7 Å². The van der Waals surface area contributed by atoms with Crippen molar-refractivity contribution >= 4 is 46.9 Å². The summed E-state index contributed by atoms with van der Waals surface area (Å²) in [5.74, 6) is 0.653. The number of pyridine rings is 2. The molecule has 4 aromatic carbocycles. The predicted molar refractivity (Wildman–Crippen MR) is 264 cm³/mol. The maximum absolute atomic E-state index is 13.2. The van der Waals surface area contributed by atoms with Crippen LogP contribution in [0, 0.1) is 0 Å². The maximum atomic E-state index is 13.2. The monoisotopic (exact) mass is 912 g/mol. The summed E-state index contributed by atoms with van der Waals surface area (Å²) in [6.07, 6.45) is 25.2. The van der Waals surface area contributed by atoms with Crippen LogP contribution in [0.4, 0.5) is 11.4 Å². The highest BCUT2D eigenvalue weighted by atomic mass is 35.5. The van der Waals surface area contributed by atoms with Gasteiger partial charge in [-0.2, -0.15) is 0 Å². The number of fused-ring (bicyclic) bond motifs is 2. The van der Waals surface area contributed by atoms with Crippen LogP contribution in [0.2, 0.25) is 0 Å². The molecule has 2 aliphatic heterocycles. The van der Waals surface area contributed by atoms with E-state index in [1.54, 1.807) is 24.5 Å². The molecular weight excluding hydrogens is 852 g/mol. The second-order valence-corrected chi connectivity index (χ2v) is 17.1. The van der Waals surface area contributed by atoms with E-state index < -0.39 is 0 Å². The number of ketones is 2. The number of aromatic nitrogens is 2. The highest BCUT2D eigenvalue weighted by Crippen LogP contribution is 2.42. The van der Waals surface area contributed by atoms with Crippen molar-refractivity contribution in [3.8, 4) is 0 Å². The molecule has 0 radical (unpaired) electrons. The fourth-order valence-corrected chi connectivity index (χ4v) is 8.90. The average Bonchev–Trinajstić information content (AvgIpc) is 3.96. The number of rotatable bonds is 20. The summed E-state index contributed by atoms with van der Waals surface area (Å²) >= 11 is 0. The summed E-state index contributed by atoms with van der Waals surface area (Å²) in [7, 11) is 0. The molecule has 2 unspecified atom stereocenters. The number of anilines is 2. The first-order chi connectivity index (χ1) is 32.4. The lowest BCUT2D eigenvalue weighted by atomic mass is 10.0. The molecule has 0 bridgehead atoms. The minimum atomic E-state index is 0. The molecule has 0 spiro atoms. The van der Waals surface area contributed by atoms with Crippen molar-refractivity contribution in [2.75, 3.05) is 9.80 Å². The van der Waals surface area contributed by atoms with Crippen LogP contribution in [-0.4, -0.2) is 28.4 Å². The zero-order valence-electron chi connectivity index (χ0n) is 38.2. The number of allylic oxidation sites excluding steroid dienone is 2. The molecule has 0 fully saturated rings. The average molecular weight is 914 g/mol. The van der Waals surface area contributed by atoms with Gasteiger partial charge in [0.2, 0.25) is 11.8 Å². The summed E-state index contributed by atoms with van der Waals surface area (Å²) in [5, 5.41) is 0. The van der Waals surface area contributed by atoms with Gasteiger partial charge in [0.1, 0.15) is 0 Å². The Hall–Kier alpha value is -6.77. The molecule has 2 amide bonds. The third-order valence-electron chi connectivity index (χ3n) is 12.3. The van der Waals surface area contributed by atoms with Gasteiger partial charge in [0.05, 0.1) is 12.1 Å². The van der Waals surface area contributed by atoms with Gasteiger partial charge in [0, 0.05) is 61.1 Å². The Kier molecular flexibility index (Phi) is 19.6. The van der Waals surface area contributed by atoms with Gasteiger partial charge in [-0.15, -0.1) is 0 Å². The van der Waals surface area contributed by atoms with E-state index in [1.165, 1.54) is 22.3 Å². The fraction of sp³-hybridized carbons (Fsp3) is 0.276. The first kappa shape index (κ1) is 49.7. The number of amides is 2. The lowest BCUT2D eigenvalue weighted by Gasteiger charge is -2.26. The number of benzene rings is 4. The molecule has 2 aliphatic rings.